The molecule has 0 aliphatic carbocycles. The molecule has 5 heteroatoms. The highest BCUT2D eigenvalue weighted by molar-refractivity contribution is 5.96. The highest BCUT2D eigenvalue weighted by Gasteiger charge is 2.39. The standard InChI is InChI=1S/C35H40N2O3/c1-4-36(5-2)35(39)28-13-11-27(12-14-28)34(26-9-7-6-8-10-26)29-23-30-17-18-31(24-29)37(30)22-21-33(38)25-15-19-32(40-3)20-16-25/h6-16,19-20,30-31H,4-5,17-18,21-24H2,1-3H3. The fourth-order valence-electron chi connectivity index (χ4n) is 6.48. The molecule has 5 nitrogen and oxygen atoms in total. The number of rotatable bonds is 10. The number of fused-ring (bicyclic) bond motifs is 2. The van der Waals surface area contributed by atoms with Crippen LogP contribution in [0.15, 0.2) is 84.4 Å². The van der Waals surface area contributed by atoms with Crippen molar-refractivity contribution in [1.29, 1.82) is 0 Å². The van der Waals surface area contributed by atoms with Gasteiger partial charge in [-0.2, -0.15) is 0 Å². The Bertz CT molecular complexity index is 1330. The van der Waals surface area contributed by atoms with Gasteiger partial charge in [-0.15, -0.1) is 0 Å². The first kappa shape index (κ1) is 27.9. The van der Waals surface area contributed by atoms with E-state index in [0.717, 1.165) is 36.3 Å². The molecule has 2 atom stereocenters. The van der Waals surface area contributed by atoms with E-state index in [1.165, 1.54) is 35.1 Å². The molecule has 3 aromatic carbocycles. The van der Waals surface area contributed by atoms with E-state index >= 15 is 0 Å². The van der Waals surface area contributed by atoms with Crippen LogP contribution in [0.3, 0.4) is 0 Å². The summed E-state index contributed by atoms with van der Waals surface area (Å²) in [6, 6.07) is 27.2. The fourth-order valence-corrected chi connectivity index (χ4v) is 6.48. The molecule has 5 rings (SSSR count). The lowest BCUT2D eigenvalue weighted by molar-refractivity contribution is 0.0772. The van der Waals surface area contributed by atoms with Crippen molar-refractivity contribution in [1.82, 2.24) is 9.80 Å². The van der Waals surface area contributed by atoms with Crippen LogP contribution >= 0.6 is 0 Å². The zero-order chi connectivity index (χ0) is 28.1. The normalized spacial score (nSPS) is 18.4. The van der Waals surface area contributed by atoms with Gasteiger partial charge in [0.1, 0.15) is 5.75 Å². The van der Waals surface area contributed by atoms with Crippen molar-refractivity contribution in [2.75, 3.05) is 26.7 Å². The molecule has 2 bridgehead atoms. The van der Waals surface area contributed by atoms with E-state index in [4.69, 9.17) is 4.74 Å². The number of nitrogens with zero attached hydrogens (tertiary/aromatic N) is 2. The minimum Gasteiger partial charge on any atom is -0.497 e. The third kappa shape index (κ3) is 5.90. The summed E-state index contributed by atoms with van der Waals surface area (Å²) >= 11 is 0. The van der Waals surface area contributed by atoms with Crippen molar-refractivity contribution < 1.29 is 14.3 Å². The maximum absolute atomic E-state index is 12.9. The van der Waals surface area contributed by atoms with E-state index in [1.807, 2.05) is 55.1 Å². The number of ketones is 1. The molecule has 2 fully saturated rings. The van der Waals surface area contributed by atoms with E-state index < -0.39 is 0 Å². The van der Waals surface area contributed by atoms with Crippen LogP contribution in [-0.2, 0) is 0 Å². The number of Topliss-reactive ketones (excluding diaryl/α,β-unsaturated/α-hetero) is 1. The zero-order valence-electron chi connectivity index (χ0n) is 23.9. The first-order chi connectivity index (χ1) is 19.5. The largest absolute Gasteiger partial charge is 0.497 e. The van der Waals surface area contributed by atoms with Gasteiger partial charge in [-0.1, -0.05) is 48.0 Å². The first-order valence-electron chi connectivity index (χ1n) is 14.6. The van der Waals surface area contributed by atoms with Crippen LogP contribution in [0.1, 0.15) is 77.8 Å². The maximum Gasteiger partial charge on any atom is 0.253 e. The number of hydrogen-bond acceptors (Lipinski definition) is 4. The molecule has 0 saturated carbocycles. The van der Waals surface area contributed by atoms with Crippen LogP contribution in [0.5, 0.6) is 5.75 Å². The van der Waals surface area contributed by atoms with Crippen molar-refractivity contribution in [3.8, 4) is 5.75 Å². The summed E-state index contributed by atoms with van der Waals surface area (Å²) < 4.78 is 5.23. The lowest BCUT2D eigenvalue weighted by atomic mass is 9.85. The number of carbonyl (C=O) groups excluding carboxylic acids is 2. The Balaban J connectivity index is 1.35. The highest BCUT2D eigenvalue weighted by Crippen LogP contribution is 2.43. The van der Waals surface area contributed by atoms with Gasteiger partial charge in [0.05, 0.1) is 7.11 Å². The lowest BCUT2D eigenvalue weighted by Gasteiger charge is -2.37. The number of carbonyl (C=O) groups is 2. The Morgan fingerprint density at radius 2 is 1.32 bits per heavy atom. The lowest BCUT2D eigenvalue weighted by Crippen LogP contribution is -2.41. The van der Waals surface area contributed by atoms with E-state index in [2.05, 4.69) is 47.4 Å². The molecule has 208 valence electrons. The second-order valence-electron chi connectivity index (χ2n) is 10.8. The van der Waals surface area contributed by atoms with Crippen LogP contribution in [0.2, 0.25) is 0 Å². The third-order valence-electron chi connectivity index (χ3n) is 8.63. The number of hydrogen-bond donors (Lipinski definition) is 0. The molecular weight excluding hydrogens is 496 g/mol. The molecule has 2 saturated heterocycles. The molecule has 1 amide bonds. The van der Waals surface area contributed by atoms with Crippen LogP contribution < -0.4 is 4.74 Å². The van der Waals surface area contributed by atoms with E-state index in [0.29, 0.717) is 31.6 Å². The molecule has 0 N–H and O–H groups in total. The predicted octanol–water partition coefficient (Wildman–Crippen LogP) is 6.88. The summed E-state index contributed by atoms with van der Waals surface area (Å²) in [5.74, 6) is 1.04. The predicted molar refractivity (Wildman–Crippen MR) is 161 cm³/mol. The average molecular weight is 537 g/mol. The molecule has 3 aromatic rings. The smallest absolute Gasteiger partial charge is 0.253 e. The van der Waals surface area contributed by atoms with Gasteiger partial charge in [-0.05, 0) is 92.6 Å². The molecule has 2 heterocycles. The quantitative estimate of drug-likeness (QED) is 0.265. The van der Waals surface area contributed by atoms with Crippen LogP contribution in [0.25, 0.3) is 5.57 Å². The summed E-state index contributed by atoms with van der Waals surface area (Å²) in [6.07, 6.45) is 4.90. The molecule has 2 unspecified atom stereocenters. The maximum atomic E-state index is 12.9. The van der Waals surface area contributed by atoms with Gasteiger partial charge in [0.2, 0.25) is 0 Å². The van der Waals surface area contributed by atoms with Crippen LogP contribution in [0, 0.1) is 0 Å². The minimum absolute atomic E-state index is 0.0843. The Kier molecular flexibility index (Phi) is 8.81. The van der Waals surface area contributed by atoms with Crippen molar-refractivity contribution in [2.45, 2.75) is 58.0 Å². The number of amides is 1. The van der Waals surface area contributed by atoms with Crippen LogP contribution in [0.4, 0.5) is 0 Å². The molecule has 40 heavy (non-hydrogen) atoms. The number of piperidine rings is 1. The van der Waals surface area contributed by atoms with E-state index in [1.54, 1.807) is 7.11 Å². The average Bonchev–Trinajstić information content (AvgIpc) is 3.24. The minimum atomic E-state index is 0.0843. The second-order valence-corrected chi connectivity index (χ2v) is 10.8. The molecule has 0 spiro atoms. The summed E-state index contributed by atoms with van der Waals surface area (Å²) in [4.78, 5) is 30.3. The van der Waals surface area contributed by atoms with Gasteiger partial charge in [-0.3, -0.25) is 14.5 Å². The fraction of sp³-hybridized carbons (Fsp3) is 0.371. The topological polar surface area (TPSA) is 49.9 Å². The summed E-state index contributed by atoms with van der Waals surface area (Å²) in [5.41, 5.74) is 6.66. The Labute approximate surface area is 238 Å². The van der Waals surface area contributed by atoms with Gasteiger partial charge in [-0.25, -0.2) is 0 Å². The monoisotopic (exact) mass is 536 g/mol. The Hall–Kier alpha value is -3.70. The molecule has 2 aliphatic rings. The summed E-state index contributed by atoms with van der Waals surface area (Å²) in [7, 11) is 1.64. The van der Waals surface area contributed by atoms with Gasteiger partial charge < -0.3 is 9.64 Å². The second kappa shape index (κ2) is 12.6. The summed E-state index contributed by atoms with van der Waals surface area (Å²) in [6.45, 7) is 6.26. The third-order valence-corrected chi connectivity index (χ3v) is 8.63. The van der Waals surface area contributed by atoms with Gasteiger partial charge in [0.25, 0.3) is 5.91 Å². The number of ether oxygens (including phenoxy) is 1. The van der Waals surface area contributed by atoms with E-state index in [9.17, 15) is 9.59 Å². The van der Waals surface area contributed by atoms with Gasteiger partial charge >= 0.3 is 0 Å². The highest BCUT2D eigenvalue weighted by atomic mass is 16.5. The molecular formula is C35H40N2O3. The van der Waals surface area contributed by atoms with Crippen molar-refractivity contribution in [3.05, 3.63) is 107 Å². The van der Waals surface area contributed by atoms with Crippen molar-refractivity contribution in [3.63, 3.8) is 0 Å². The molecule has 0 radical (unpaired) electrons. The zero-order valence-corrected chi connectivity index (χ0v) is 23.9. The first-order valence-corrected chi connectivity index (χ1v) is 14.6. The Morgan fingerprint density at radius 1 is 0.775 bits per heavy atom. The van der Waals surface area contributed by atoms with E-state index in [-0.39, 0.29) is 11.7 Å². The molecule has 2 aliphatic heterocycles. The SMILES string of the molecule is CCN(CC)C(=O)c1ccc(C(=C2CC3CCC(C2)N3CCC(=O)c2ccc(OC)cc2)c2ccccc2)cc1. The van der Waals surface area contributed by atoms with Gasteiger partial charge in [0.15, 0.2) is 5.78 Å². The number of methoxy groups -OCH3 is 1. The van der Waals surface area contributed by atoms with Crippen molar-refractivity contribution in [2.24, 2.45) is 0 Å². The van der Waals surface area contributed by atoms with Crippen LogP contribution in [-0.4, -0.2) is 60.3 Å². The van der Waals surface area contributed by atoms with Gasteiger partial charge in [0, 0.05) is 49.3 Å². The summed E-state index contributed by atoms with van der Waals surface area (Å²) in [5, 5.41) is 0. The number of benzene rings is 3. The van der Waals surface area contributed by atoms with Crippen molar-refractivity contribution >= 4 is 17.3 Å². The Morgan fingerprint density at radius 3 is 1.90 bits per heavy atom. The molecule has 0 aromatic heterocycles.